The standard InChI is InChI=1S/C28H32N4O/c1-20(16-21-8-4-2-5-9-21)30-27-13-11-24(18-26(27)29)32-19-22-17-23(10-12-25(22)28(32)33)31-14-6-3-7-15-31/h2,4-5,8-13,17-18,20,30H,3,6-7,14-16,19,29H2,1H3. The Balaban J connectivity index is 1.29. The van der Waals surface area contributed by atoms with Crippen LogP contribution in [0.4, 0.5) is 22.7 Å². The number of fused-ring (bicyclic) bond motifs is 1. The minimum Gasteiger partial charge on any atom is -0.397 e. The number of anilines is 4. The van der Waals surface area contributed by atoms with Gasteiger partial charge < -0.3 is 20.9 Å². The molecule has 0 aliphatic carbocycles. The Hall–Kier alpha value is -3.47. The third-order valence-electron chi connectivity index (χ3n) is 6.75. The zero-order valence-corrected chi connectivity index (χ0v) is 19.3. The van der Waals surface area contributed by atoms with Crippen LogP contribution in [0, 0.1) is 0 Å². The summed E-state index contributed by atoms with van der Waals surface area (Å²) in [6.45, 7) is 4.95. The average molecular weight is 441 g/mol. The second kappa shape index (κ2) is 9.18. The first-order valence-electron chi connectivity index (χ1n) is 12.0. The molecular formula is C28H32N4O. The number of benzene rings is 3. The van der Waals surface area contributed by atoms with Crippen LogP contribution in [0.25, 0.3) is 0 Å². The maximum Gasteiger partial charge on any atom is 0.258 e. The van der Waals surface area contributed by atoms with Crippen LogP contribution in [-0.2, 0) is 13.0 Å². The summed E-state index contributed by atoms with van der Waals surface area (Å²) in [5.41, 5.74) is 13.2. The van der Waals surface area contributed by atoms with Gasteiger partial charge in [-0.1, -0.05) is 30.3 Å². The molecule has 3 aromatic carbocycles. The molecule has 3 N–H and O–H groups in total. The Morgan fingerprint density at radius 3 is 2.45 bits per heavy atom. The largest absolute Gasteiger partial charge is 0.397 e. The molecule has 5 heteroatoms. The number of carbonyl (C=O) groups is 1. The molecule has 5 rings (SSSR count). The molecule has 1 unspecified atom stereocenters. The van der Waals surface area contributed by atoms with Crippen LogP contribution in [0.1, 0.15) is 47.7 Å². The topological polar surface area (TPSA) is 61.6 Å². The minimum absolute atomic E-state index is 0.0488. The van der Waals surface area contributed by atoms with E-state index < -0.39 is 0 Å². The number of hydrogen-bond donors (Lipinski definition) is 2. The molecule has 0 spiro atoms. The SMILES string of the molecule is CC(Cc1ccccc1)Nc1ccc(N2Cc3cc(N4CCCCC4)ccc3C2=O)cc1N. The van der Waals surface area contributed by atoms with Gasteiger partial charge in [0.25, 0.3) is 5.91 Å². The highest BCUT2D eigenvalue weighted by Gasteiger charge is 2.29. The van der Waals surface area contributed by atoms with Gasteiger partial charge in [0, 0.05) is 36.1 Å². The lowest BCUT2D eigenvalue weighted by molar-refractivity contribution is 0.0996. The first-order chi connectivity index (χ1) is 16.1. The Kier molecular flexibility index (Phi) is 5.95. The average Bonchev–Trinajstić information content (AvgIpc) is 3.17. The molecule has 0 saturated carbocycles. The monoisotopic (exact) mass is 440 g/mol. The van der Waals surface area contributed by atoms with Crippen molar-refractivity contribution in [2.45, 2.75) is 45.2 Å². The maximum atomic E-state index is 13.1. The highest BCUT2D eigenvalue weighted by atomic mass is 16.2. The zero-order chi connectivity index (χ0) is 22.8. The molecule has 1 saturated heterocycles. The first kappa shape index (κ1) is 21.4. The van der Waals surface area contributed by atoms with E-state index in [4.69, 9.17) is 5.73 Å². The fourth-order valence-corrected chi connectivity index (χ4v) is 5.00. The van der Waals surface area contributed by atoms with Crippen LogP contribution in [0.3, 0.4) is 0 Å². The summed E-state index contributed by atoms with van der Waals surface area (Å²) in [7, 11) is 0. The predicted octanol–water partition coefficient (Wildman–Crippen LogP) is 5.46. The van der Waals surface area contributed by atoms with Gasteiger partial charge in [-0.15, -0.1) is 0 Å². The fourth-order valence-electron chi connectivity index (χ4n) is 5.00. The fraction of sp³-hybridized carbons (Fsp3) is 0.321. The van der Waals surface area contributed by atoms with Crippen LogP contribution in [0.5, 0.6) is 0 Å². The number of amides is 1. The molecule has 5 nitrogen and oxygen atoms in total. The lowest BCUT2D eigenvalue weighted by atomic mass is 10.1. The minimum atomic E-state index is 0.0488. The van der Waals surface area contributed by atoms with Crippen LogP contribution < -0.4 is 20.9 Å². The molecule has 1 amide bonds. The second-order valence-corrected chi connectivity index (χ2v) is 9.29. The molecule has 1 fully saturated rings. The van der Waals surface area contributed by atoms with Crippen molar-refractivity contribution in [1.29, 1.82) is 0 Å². The molecule has 2 aliphatic heterocycles. The third-order valence-corrected chi connectivity index (χ3v) is 6.75. The van der Waals surface area contributed by atoms with Crippen LogP contribution in [0.15, 0.2) is 66.7 Å². The molecule has 0 bridgehead atoms. The van der Waals surface area contributed by atoms with E-state index in [9.17, 15) is 4.79 Å². The van der Waals surface area contributed by atoms with E-state index in [1.54, 1.807) is 0 Å². The van der Waals surface area contributed by atoms with E-state index in [0.717, 1.165) is 42.0 Å². The van der Waals surface area contributed by atoms with Crippen LogP contribution >= 0.6 is 0 Å². The van der Waals surface area contributed by atoms with Gasteiger partial charge in [-0.05, 0) is 80.1 Å². The third kappa shape index (κ3) is 4.54. The summed E-state index contributed by atoms with van der Waals surface area (Å²) in [6, 6.07) is 22.8. The molecule has 1 atom stereocenters. The summed E-state index contributed by atoms with van der Waals surface area (Å²) in [4.78, 5) is 17.4. The van der Waals surface area contributed by atoms with E-state index in [-0.39, 0.29) is 11.9 Å². The second-order valence-electron chi connectivity index (χ2n) is 9.29. The maximum absolute atomic E-state index is 13.1. The lowest BCUT2D eigenvalue weighted by Crippen LogP contribution is -2.29. The van der Waals surface area contributed by atoms with E-state index in [1.165, 1.54) is 30.5 Å². The van der Waals surface area contributed by atoms with E-state index in [0.29, 0.717) is 12.2 Å². The molecular weight excluding hydrogens is 408 g/mol. The number of nitrogens with zero attached hydrogens (tertiary/aromatic N) is 2. The molecule has 0 aromatic heterocycles. The van der Waals surface area contributed by atoms with Gasteiger partial charge in [-0.3, -0.25) is 4.79 Å². The molecule has 0 radical (unpaired) electrons. The van der Waals surface area contributed by atoms with Gasteiger partial charge in [-0.25, -0.2) is 0 Å². The van der Waals surface area contributed by atoms with Crippen molar-refractivity contribution in [2.75, 3.05) is 33.9 Å². The highest BCUT2D eigenvalue weighted by molar-refractivity contribution is 6.10. The van der Waals surface area contributed by atoms with Gasteiger partial charge in [0.2, 0.25) is 0 Å². The van der Waals surface area contributed by atoms with Gasteiger partial charge >= 0.3 is 0 Å². The quantitative estimate of drug-likeness (QED) is 0.500. The summed E-state index contributed by atoms with van der Waals surface area (Å²) in [5, 5.41) is 3.51. The van der Waals surface area contributed by atoms with Crippen LogP contribution in [0.2, 0.25) is 0 Å². The van der Waals surface area contributed by atoms with E-state index in [2.05, 4.69) is 53.5 Å². The Labute approximate surface area is 196 Å². The number of nitrogen functional groups attached to an aromatic ring is 1. The Morgan fingerprint density at radius 1 is 0.939 bits per heavy atom. The van der Waals surface area contributed by atoms with Crippen molar-refractivity contribution in [3.63, 3.8) is 0 Å². The van der Waals surface area contributed by atoms with Gasteiger partial charge in [-0.2, -0.15) is 0 Å². The molecule has 170 valence electrons. The van der Waals surface area contributed by atoms with Crippen molar-refractivity contribution in [1.82, 2.24) is 0 Å². The number of piperidine rings is 1. The van der Waals surface area contributed by atoms with Gasteiger partial charge in [0.05, 0.1) is 17.9 Å². The predicted molar refractivity (Wildman–Crippen MR) is 137 cm³/mol. The Morgan fingerprint density at radius 2 is 1.70 bits per heavy atom. The van der Waals surface area contributed by atoms with Crippen molar-refractivity contribution in [2.24, 2.45) is 0 Å². The lowest BCUT2D eigenvalue weighted by Gasteiger charge is -2.29. The normalized spacial score (nSPS) is 16.6. The zero-order valence-electron chi connectivity index (χ0n) is 19.3. The molecule has 2 heterocycles. The van der Waals surface area contributed by atoms with Crippen LogP contribution in [-0.4, -0.2) is 25.0 Å². The van der Waals surface area contributed by atoms with Gasteiger partial charge in [0.1, 0.15) is 0 Å². The number of carbonyl (C=O) groups excluding carboxylic acids is 1. The van der Waals surface area contributed by atoms with Crippen molar-refractivity contribution >= 4 is 28.7 Å². The number of rotatable bonds is 6. The summed E-state index contributed by atoms with van der Waals surface area (Å²) in [5.74, 6) is 0.0488. The van der Waals surface area contributed by atoms with Crippen molar-refractivity contribution in [3.05, 3.63) is 83.4 Å². The number of hydrogen-bond acceptors (Lipinski definition) is 4. The first-order valence-corrected chi connectivity index (χ1v) is 12.0. The molecule has 3 aromatic rings. The van der Waals surface area contributed by atoms with Gasteiger partial charge in [0.15, 0.2) is 0 Å². The number of nitrogens with one attached hydrogen (secondary N) is 1. The number of nitrogens with two attached hydrogens (primary N) is 1. The van der Waals surface area contributed by atoms with E-state index in [1.807, 2.05) is 35.2 Å². The highest BCUT2D eigenvalue weighted by Crippen LogP contribution is 2.34. The van der Waals surface area contributed by atoms with E-state index >= 15 is 0 Å². The smallest absolute Gasteiger partial charge is 0.258 e. The van der Waals surface area contributed by atoms with Crippen molar-refractivity contribution in [3.8, 4) is 0 Å². The molecule has 33 heavy (non-hydrogen) atoms. The summed E-state index contributed by atoms with van der Waals surface area (Å²) < 4.78 is 0. The van der Waals surface area contributed by atoms with Crippen molar-refractivity contribution < 1.29 is 4.79 Å². The summed E-state index contributed by atoms with van der Waals surface area (Å²) >= 11 is 0. The molecule has 2 aliphatic rings. The Bertz CT molecular complexity index is 1140. The summed E-state index contributed by atoms with van der Waals surface area (Å²) in [6.07, 6.45) is 4.71.